The van der Waals surface area contributed by atoms with Crippen molar-refractivity contribution in [2.75, 3.05) is 41.3 Å². The van der Waals surface area contributed by atoms with Crippen LogP contribution in [0.1, 0.15) is 26.4 Å². The standard InChI is InChI=1S/C21H19ClN6O2S/c22-14-3-1-2-13-11-28(20(30)18(13)14)21-26-16(12-31-21)19(29)25-15-10-24-5-4-17(15)27-8-6-23-7-9-27/h1-5,10,12,23H,6-9,11H2,(H,25,29). The van der Waals surface area contributed by atoms with E-state index in [-0.39, 0.29) is 17.5 Å². The van der Waals surface area contributed by atoms with Crippen LogP contribution in [0.25, 0.3) is 0 Å². The Labute approximate surface area is 187 Å². The number of benzene rings is 1. The molecule has 1 aromatic carbocycles. The molecule has 2 aromatic heterocycles. The van der Waals surface area contributed by atoms with Crippen LogP contribution in [0.4, 0.5) is 16.5 Å². The maximum absolute atomic E-state index is 12.9. The minimum atomic E-state index is -0.339. The molecular formula is C21H19ClN6O2S. The summed E-state index contributed by atoms with van der Waals surface area (Å²) in [4.78, 5) is 38.0. The number of hydrogen-bond acceptors (Lipinski definition) is 7. The van der Waals surface area contributed by atoms with Crippen LogP contribution in [0.15, 0.2) is 42.0 Å². The van der Waals surface area contributed by atoms with Gasteiger partial charge in [-0.3, -0.25) is 19.5 Å². The molecule has 0 aliphatic carbocycles. The van der Waals surface area contributed by atoms with Crippen LogP contribution >= 0.6 is 22.9 Å². The van der Waals surface area contributed by atoms with Crippen LogP contribution in [-0.2, 0) is 6.54 Å². The molecule has 4 heterocycles. The van der Waals surface area contributed by atoms with E-state index >= 15 is 0 Å². The number of carbonyl (C=O) groups is 2. The van der Waals surface area contributed by atoms with Crippen LogP contribution in [0, 0.1) is 0 Å². The van der Waals surface area contributed by atoms with Crippen molar-refractivity contribution in [1.29, 1.82) is 0 Å². The molecule has 0 unspecified atom stereocenters. The van der Waals surface area contributed by atoms with Crippen molar-refractivity contribution in [3.8, 4) is 0 Å². The first-order valence-electron chi connectivity index (χ1n) is 9.87. The first kappa shape index (κ1) is 19.9. The fourth-order valence-corrected chi connectivity index (χ4v) is 4.89. The van der Waals surface area contributed by atoms with Gasteiger partial charge in [0.2, 0.25) is 0 Å². The van der Waals surface area contributed by atoms with Crippen molar-refractivity contribution >= 4 is 51.3 Å². The van der Waals surface area contributed by atoms with E-state index in [4.69, 9.17) is 11.6 Å². The smallest absolute Gasteiger partial charge is 0.275 e. The third-order valence-corrected chi connectivity index (χ3v) is 6.53. The van der Waals surface area contributed by atoms with Gasteiger partial charge in [-0.05, 0) is 17.7 Å². The maximum atomic E-state index is 12.9. The van der Waals surface area contributed by atoms with E-state index < -0.39 is 0 Å². The molecule has 2 aliphatic rings. The lowest BCUT2D eigenvalue weighted by molar-refractivity contribution is 0.0991. The van der Waals surface area contributed by atoms with Gasteiger partial charge in [-0.25, -0.2) is 4.98 Å². The Morgan fingerprint density at radius 1 is 1.23 bits per heavy atom. The second-order valence-corrected chi connectivity index (χ2v) is 8.51. The summed E-state index contributed by atoms with van der Waals surface area (Å²) in [6.07, 6.45) is 3.36. The highest BCUT2D eigenvalue weighted by atomic mass is 35.5. The first-order valence-corrected chi connectivity index (χ1v) is 11.1. The third-order valence-electron chi connectivity index (χ3n) is 5.35. The molecular weight excluding hydrogens is 436 g/mol. The summed E-state index contributed by atoms with van der Waals surface area (Å²) in [6, 6.07) is 7.30. The van der Waals surface area contributed by atoms with Gasteiger partial charge in [0.25, 0.3) is 11.8 Å². The summed E-state index contributed by atoms with van der Waals surface area (Å²) in [7, 11) is 0. The predicted molar refractivity (Wildman–Crippen MR) is 121 cm³/mol. The molecule has 10 heteroatoms. The lowest BCUT2D eigenvalue weighted by atomic mass is 10.1. The average molecular weight is 455 g/mol. The second-order valence-electron chi connectivity index (χ2n) is 7.26. The lowest BCUT2D eigenvalue weighted by Gasteiger charge is -2.30. The number of pyridine rings is 1. The Kier molecular flexibility index (Phi) is 5.31. The number of fused-ring (bicyclic) bond motifs is 1. The summed E-state index contributed by atoms with van der Waals surface area (Å²) in [6.45, 7) is 3.88. The maximum Gasteiger partial charge on any atom is 0.275 e. The molecule has 0 bridgehead atoms. The second kappa shape index (κ2) is 8.26. The van der Waals surface area contributed by atoms with Crippen LogP contribution in [0.2, 0.25) is 5.02 Å². The molecule has 3 aromatic rings. The Balaban J connectivity index is 1.34. The van der Waals surface area contributed by atoms with Crippen molar-refractivity contribution < 1.29 is 9.59 Å². The topological polar surface area (TPSA) is 90.5 Å². The summed E-state index contributed by atoms with van der Waals surface area (Å²) in [5.41, 5.74) is 3.18. The number of carbonyl (C=O) groups excluding carboxylic acids is 2. The van der Waals surface area contributed by atoms with Crippen LogP contribution in [0.5, 0.6) is 0 Å². The van der Waals surface area contributed by atoms with Gasteiger partial charge in [0.1, 0.15) is 5.69 Å². The van der Waals surface area contributed by atoms with Gasteiger partial charge in [0.05, 0.1) is 34.7 Å². The quantitative estimate of drug-likeness (QED) is 0.629. The number of hydrogen-bond donors (Lipinski definition) is 2. The molecule has 1 fully saturated rings. The van der Waals surface area contributed by atoms with E-state index in [1.165, 1.54) is 11.3 Å². The number of halogens is 1. The number of amides is 2. The fourth-order valence-electron chi connectivity index (χ4n) is 3.82. The normalized spacial score (nSPS) is 15.8. The van der Waals surface area contributed by atoms with Gasteiger partial charge in [-0.1, -0.05) is 23.7 Å². The van der Waals surface area contributed by atoms with E-state index in [0.717, 1.165) is 37.4 Å². The number of aromatic nitrogens is 2. The first-order chi connectivity index (χ1) is 15.1. The molecule has 2 N–H and O–H groups in total. The molecule has 8 nitrogen and oxygen atoms in total. The Morgan fingerprint density at radius 3 is 2.87 bits per heavy atom. The van der Waals surface area contributed by atoms with Gasteiger partial charge in [0.15, 0.2) is 5.13 Å². The molecule has 2 amide bonds. The monoisotopic (exact) mass is 454 g/mol. The van der Waals surface area contributed by atoms with Crippen LogP contribution in [-0.4, -0.2) is 48.0 Å². The van der Waals surface area contributed by atoms with Crippen LogP contribution < -0.4 is 20.4 Å². The van der Waals surface area contributed by atoms with Crippen molar-refractivity contribution in [2.45, 2.75) is 6.54 Å². The Hall–Kier alpha value is -3.01. The highest BCUT2D eigenvalue weighted by Gasteiger charge is 2.32. The van der Waals surface area contributed by atoms with Gasteiger partial charge < -0.3 is 15.5 Å². The number of anilines is 3. The fraction of sp³-hybridized carbons (Fsp3) is 0.238. The molecule has 5 rings (SSSR count). The molecule has 0 radical (unpaired) electrons. The number of nitrogens with one attached hydrogen (secondary N) is 2. The molecule has 0 spiro atoms. The Morgan fingerprint density at radius 2 is 2.06 bits per heavy atom. The van der Waals surface area contributed by atoms with Crippen molar-refractivity contribution in [3.63, 3.8) is 0 Å². The van der Waals surface area contributed by atoms with Gasteiger partial charge >= 0.3 is 0 Å². The zero-order chi connectivity index (χ0) is 21.4. The Bertz CT molecular complexity index is 1160. The average Bonchev–Trinajstić information content (AvgIpc) is 3.40. The minimum Gasteiger partial charge on any atom is -0.367 e. The van der Waals surface area contributed by atoms with E-state index in [2.05, 4.69) is 25.5 Å². The molecule has 0 atom stereocenters. The summed E-state index contributed by atoms with van der Waals surface area (Å²) >= 11 is 7.45. The molecule has 31 heavy (non-hydrogen) atoms. The lowest BCUT2D eigenvalue weighted by Crippen LogP contribution is -2.43. The number of rotatable bonds is 4. The van der Waals surface area contributed by atoms with E-state index in [1.54, 1.807) is 28.7 Å². The predicted octanol–water partition coefficient (Wildman–Crippen LogP) is 3.01. The highest BCUT2D eigenvalue weighted by Crippen LogP contribution is 2.34. The minimum absolute atomic E-state index is 0.199. The van der Waals surface area contributed by atoms with Crippen LogP contribution in [0.3, 0.4) is 0 Å². The number of piperazine rings is 1. The van der Waals surface area contributed by atoms with Gasteiger partial charge in [0, 0.05) is 37.8 Å². The van der Waals surface area contributed by atoms with Gasteiger partial charge in [-0.2, -0.15) is 0 Å². The SMILES string of the molecule is O=C(Nc1cnccc1N1CCNCC1)c1csc(N2Cc3cccc(Cl)c3C2=O)n1. The number of nitrogens with zero attached hydrogens (tertiary/aromatic N) is 4. The molecule has 158 valence electrons. The van der Waals surface area contributed by atoms with E-state index in [9.17, 15) is 9.59 Å². The summed E-state index contributed by atoms with van der Waals surface area (Å²) < 4.78 is 0. The van der Waals surface area contributed by atoms with E-state index in [1.807, 2.05) is 18.2 Å². The van der Waals surface area contributed by atoms with Crippen molar-refractivity contribution in [1.82, 2.24) is 15.3 Å². The summed E-state index contributed by atoms with van der Waals surface area (Å²) in [5.74, 6) is -0.538. The van der Waals surface area contributed by atoms with E-state index in [0.29, 0.717) is 27.9 Å². The molecule has 2 aliphatic heterocycles. The van der Waals surface area contributed by atoms with Gasteiger partial charge in [-0.15, -0.1) is 11.3 Å². The molecule has 0 saturated carbocycles. The number of thiazole rings is 1. The highest BCUT2D eigenvalue weighted by molar-refractivity contribution is 7.14. The van der Waals surface area contributed by atoms with Crippen molar-refractivity contribution in [3.05, 3.63) is 63.9 Å². The zero-order valence-corrected chi connectivity index (χ0v) is 18.0. The summed E-state index contributed by atoms with van der Waals surface area (Å²) in [5, 5.41) is 8.79. The molecule has 1 saturated heterocycles. The zero-order valence-electron chi connectivity index (χ0n) is 16.5. The largest absolute Gasteiger partial charge is 0.367 e. The third kappa shape index (κ3) is 3.76. The van der Waals surface area contributed by atoms with Crippen molar-refractivity contribution in [2.24, 2.45) is 0 Å².